The Kier molecular flexibility index (Phi) is 4.61. The number of hydrogen-bond acceptors (Lipinski definition) is 5. The van der Waals surface area contributed by atoms with Gasteiger partial charge in [0, 0.05) is 18.7 Å². The fraction of sp³-hybridized carbons (Fsp3) is 0.200. The second kappa shape index (κ2) is 6.60. The van der Waals surface area contributed by atoms with E-state index < -0.39 is 4.92 Å². The van der Waals surface area contributed by atoms with Crippen molar-refractivity contribution < 1.29 is 14.5 Å². The Morgan fingerprint density at radius 1 is 1.29 bits per heavy atom. The first-order valence-corrected chi connectivity index (χ1v) is 6.42. The van der Waals surface area contributed by atoms with Crippen LogP contribution in [0.15, 0.2) is 42.6 Å². The predicted octanol–water partition coefficient (Wildman–Crippen LogP) is 3.30. The standard InChI is InChI=1S/C15H14N2O4/c1-11(18)4-5-12-6-8-13(9-7-12)21-15-14(17(19)20)3-2-10-16-15/h2-3,6-10H,4-5H2,1H3. The number of benzene rings is 1. The van der Waals surface area contributed by atoms with Gasteiger partial charge in [-0.3, -0.25) is 10.1 Å². The number of aryl methyl sites for hydroxylation is 1. The lowest BCUT2D eigenvalue weighted by atomic mass is 10.1. The maximum absolute atomic E-state index is 10.9. The Balaban J connectivity index is 2.10. The number of Topliss-reactive ketones (excluding diaryl/α,β-unsaturated/α-hetero) is 1. The molecule has 21 heavy (non-hydrogen) atoms. The molecule has 1 aromatic carbocycles. The number of ketones is 1. The maximum atomic E-state index is 10.9. The van der Waals surface area contributed by atoms with Gasteiger partial charge in [0.1, 0.15) is 11.5 Å². The van der Waals surface area contributed by atoms with Gasteiger partial charge in [0.25, 0.3) is 5.88 Å². The number of hydrogen-bond donors (Lipinski definition) is 0. The molecule has 0 N–H and O–H groups in total. The predicted molar refractivity (Wildman–Crippen MR) is 76.4 cm³/mol. The molecule has 0 bridgehead atoms. The van der Waals surface area contributed by atoms with Gasteiger partial charge >= 0.3 is 5.69 Å². The van der Waals surface area contributed by atoms with Gasteiger partial charge in [-0.25, -0.2) is 4.98 Å². The van der Waals surface area contributed by atoms with Crippen LogP contribution in [0.1, 0.15) is 18.9 Å². The summed E-state index contributed by atoms with van der Waals surface area (Å²) in [5, 5.41) is 10.9. The van der Waals surface area contributed by atoms with Crippen LogP contribution in [0.4, 0.5) is 5.69 Å². The molecule has 0 aliphatic carbocycles. The zero-order valence-electron chi connectivity index (χ0n) is 11.5. The van der Waals surface area contributed by atoms with Crippen LogP contribution >= 0.6 is 0 Å². The topological polar surface area (TPSA) is 82.3 Å². The Morgan fingerprint density at radius 2 is 2.00 bits per heavy atom. The van der Waals surface area contributed by atoms with E-state index in [1.54, 1.807) is 19.1 Å². The molecule has 0 atom stereocenters. The third-order valence-electron chi connectivity index (χ3n) is 2.85. The van der Waals surface area contributed by atoms with E-state index >= 15 is 0 Å². The number of carbonyl (C=O) groups excluding carboxylic acids is 1. The number of pyridine rings is 1. The number of nitro groups is 1. The van der Waals surface area contributed by atoms with Gasteiger partial charge < -0.3 is 9.53 Å². The summed E-state index contributed by atoms with van der Waals surface area (Å²) >= 11 is 0. The van der Waals surface area contributed by atoms with E-state index in [4.69, 9.17) is 4.74 Å². The highest BCUT2D eigenvalue weighted by Gasteiger charge is 2.16. The highest BCUT2D eigenvalue weighted by atomic mass is 16.6. The number of aromatic nitrogens is 1. The second-order valence-electron chi connectivity index (χ2n) is 4.53. The Morgan fingerprint density at radius 3 is 2.62 bits per heavy atom. The third kappa shape index (κ3) is 4.10. The average molecular weight is 286 g/mol. The molecule has 2 aromatic rings. The maximum Gasteiger partial charge on any atom is 0.331 e. The van der Waals surface area contributed by atoms with Crippen LogP contribution in [0.5, 0.6) is 11.6 Å². The summed E-state index contributed by atoms with van der Waals surface area (Å²) < 4.78 is 5.43. The van der Waals surface area contributed by atoms with Crippen LogP contribution < -0.4 is 4.74 Å². The van der Waals surface area contributed by atoms with Gasteiger partial charge in [0.15, 0.2) is 0 Å². The van der Waals surface area contributed by atoms with Crippen molar-refractivity contribution in [2.45, 2.75) is 19.8 Å². The molecule has 0 unspecified atom stereocenters. The zero-order chi connectivity index (χ0) is 15.2. The smallest absolute Gasteiger partial charge is 0.331 e. The van der Waals surface area contributed by atoms with Crippen molar-refractivity contribution in [3.63, 3.8) is 0 Å². The molecule has 6 heteroatoms. The normalized spacial score (nSPS) is 10.1. The average Bonchev–Trinajstić information content (AvgIpc) is 2.47. The number of carbonyl (C=O) groups is 1. The van der Waals surface area contributed by atoms with E-state index in [9.17, 15) is 14.9 Å². The molecule has 6 nitrogen and oxygen atoms in total. The van der Waals surface area contributed by atoms with E-state index in [1.807, 2.05) is 12.1 Å². The summed E-state index contributed by atoms with van der Waals surface area (Å²) in [4.78, 5) is 25.1. The fourth-order valence-corrected chi connectivity index (χ4v) is 1.76. The van der Waals surface area contributed by atoms with Gasteiger partial charge in [0.2, 0.25) is 0 Å². The largest absolute Gasteiger partial charge is 0.434 e. The van der Waals surface area contributed by atoms with Crippen LogP contribution in [0.3, 0.4) is 0 Å². The second-order valence-corrected chi connectivity index (χ2v) is 4.53. The molecule has 1 heterocycles. The van der Waals surface area contributed by atoms with Crippen LogP contribution in [0.2, 0.25) is 0 Å². The lowest BCUT2D eigenvalue weighted by Gasteiger charge is -2.06. The first-order valence-electron chi connectivity index (χ1n) is 6.42. The molecule has 2 rings (SSSR count). The van der Waals surface area contributed by atoms with Crippen molar-refractivity contribution in [2.24, 2.45) is 0 Å². The van der Waals surface area contributed by atoms with Gasteiger partial charge in [-0.1, -0.05) is 12.1 Å². The van der Waals surface area contributed by atoms with Gasteiger partial charge in [-0.15, -0.1) is 0 Å². The van der Waals surface area contributed by atoms with E-state index in [0.717, 1.165) is 5.56 Å². The molecule has 1 aromatic heterocycles. The van der Waals surface area contributed by atoms with Gasteiger partial charge in [0.05, 0.1) is 4.92 Å². The van der Waals surface area contributed by atoms with Gasteiger partial charge in [-0.05, 0) is 37.1 Å². The molecule has 0 radical (unpaired) electrons. The minimum atomic E-state index is -0.538. The highest BCUT2D eigenvalue weighted by molar-refractivity contribution is 5.75. The summed E-state index contributed by atoms with van der Waals surface area (Å²) in [5.74, 6) is 0.557. The van der Waals surface area contributed by atoms with Crippen molar-refractivity contribution in [2.75, 3.05) is 0 Å². The summed E-state index contributed by atoms with van der Waals surface area (Å²) in [5.41, 5.74) is 0.825. The van der Waals surface area contributed by atoms with E-state index in [1.165, 1.54) is 18.3 Å². The van der Waals surface area contributed by atoms with Crippen LogP contribution in [0.25, 0.3) is 0 Å². The quantitative estimate of drug-likeness (QED) is 0.601. The van der Waals surface area contributed by atoms with Gasteiger partial charge in [-0.2, -0.15) is 0 Å². The molecule has 0 amide bonds. The zero-order valence-corrected chi connectivity index (χ0v) is 11.5. The molecule has 0 spiro atoms. The highest BCUT2D eigenvalue weighted by Crippen LogP contribution is 2.28. The molecule has 0 aliphatic rings. The minimum Gasteiger partial charge on any atom is -0.434 e. The Labute approximate surface area is 121 Å². The molecule has 0 saturated heterocycles. The summed E-state index contributed by atoms with van der Waals surface area (Å²) in [6, 6.07) is 9.88. The van der Waals surface area contributed by atoms with Crippen molar-refractivity contribution >= 4 is 11.5 Å². The van der Waals surface area contributed by atoms with E-state index in [-0.39, 0.29) is 17.4 Å². The van der Waals surface area contributed by atoms with Crippen molar-refractivity contribution in [1.29, 1.82) is 0 Å². The summed E-state index contributed by atoms with van der Waals surface area (Å²) in [6.45, 7) is 1.55. The van der Waals surface area contributed by atoms with Crippen molar-refractivity contribution in [3.8, 4) is 11.6 Å². The molecule has 0 saturated carbocycles. The monoisotopic (exact) mass is 286 g/mol. The Hall–Kier alpha value is -2.76. The third-order valence-corrected chi connectivity index (χ3v) is 2.85. The van der Waals surface area contributed by atoms with E-state index in [0.29, 0.717) is 18.6 Å². The molecule has 108 valence electrons. The molecule has 0 aliphatic heterocycles. The summed E-state index contributed by atoms with van der Waals surface area (Å²) in [7, 11) is 0. The lowest BCUT2D eigenvalue weighted by Crippen LogP contribution is -1.96. The Bertz CT molecular complexity index is 653. The molecular formula is C15H14N2O4. The first kappa shape index (κ1) is 14.6. The molecule has 0 fully saturated rings. The van der Waals surface area contributed by atoms with Crippen molar-refractivity contribution in [1.82, 2.24) is 4.98 Å². The fourth-order valence-electron chi connectivity index (χ4n) is 1.76. The number of nitrogens with zero attached hydrogens (tertiary/aromatic N) is 2. The van der Waals surface area contributed by atoms with Crippen molar-refractivity contribution in [3.05, 3.63) is 58.3 Å². The molecular weight excluding hydrogens is 272 g/mol. The van der Waals surface area contributed by atoms with Crippen LogP contribution in [-0.4, -0.2) is 15.7 Å². The number of ether oxygens (including phenoxy) is 1. The van der Waals surface area contributed by atoms with E-state index in [2.05, 4.69) is 4.98 Å². The van der Waals surface area contributed by atoms with Crippen LogP contribution in [0, 0.1) is 10.1 Å². The lowest BCUT2D eigenvalue weighted by molar-refractivity contribution is -0.386. The summed E-state index contributed by atoms with van der Waals surface area (Å²) in [6.07, 6.45) is 2.59. The number of rotatable bonds is 6. The van der Waals surface area contributed by atoms with Crippen LogP contribution in [-0.2, 0) is 11.2 Å². The SMILES string of the molecule is CC(=O)CCc1ccc(Oc2ncccc2[N+](=O)[O-])cc1. The minimum absolute atomic E-state index is 0.0426. The first-order chi connectivity index (χ1) is 10.1.